The van der Waals surface area contributed by atoms with Crippen molar-refractivity contribution in [2.45, 2.75) is 262 Å². The molecule has 756 valence electrons. The summed E-state index contributed by atoms with van der Waals surface area (Å²) in [5.74, 6) is 1.62. The molecular formula is C134H170N4O4Zr2+2. The molecule has 0 spiro atoms. The Morgan fingerprint density at radius 2 is 0.299 bits per heavy atom. The molecule has 4 N–H and O–H groups in total. The van der Waals surface area contributed by atoms with Crippen molar-refractivity contribution in [2.24, 2.45) is 0 Å². The van der Waals surface area contributed by atoms with E-state index in [9.17, 15) is 20.4 Å². The summed E-state index contributed by atoms with van der Waals surface area (Å²) in [7, 11) is 0. The first-order valence-corrected chi connectivity index (χ1v) is 50.4. The molecule has 0 fully saturated rings. The van der Waals surface area contributed by atoms with Gasteiger partial charge < -0.3 is 20.4 Å². The number of rotatable bonds is 22. The predicted octanol–water partition coefficient (Wildman–Crippen LogP) is 33.2. The van der Waals surface area contributed by atoms with Crippen LogP contribution < -0.4 is 0 Å². The van der Waals surface area contributed by atoms with Crippen LogP contribution in [-0.2, 0) is 148 Å². The molecular weight excluding hydrogens is 1910 g/mol. The first-order valence-electron chi connectivity index (χ1n) is 50.4. The number of phenolic OH excluding ortho intramolecular Hbond substituents is 4. The summed E-state index contributed by atoms with van der Waals surface area (Å²) in [6.07, 6.45) is 0. The van der Waals surface area contributed by atoms with E-state index in [0.717, 1.165) is 130 Å². The van der Waals surface area contributed by atoms with Crippen molar-refractivity contribution in [3.8, 4) is 23.0 Å². The van der Waals surface area contributed by atoms with Crippen LogP contribution in [0.3, 0.4) is 0 Å². The molecule has 10 heteroatoms. The summed E-state index contributed by atoms with van der Waals surface area (Å²) >= 11 is 0. The third-order valence-electron chi connectivity index (χ3n) is 24.5. The van der Waals surface area contributed by atoms with Gasteiger partial charge in [0.1, 0.15) is 23.0 Å². The van der Waals surface area contributed by atoms with Crippen LogP contribution >= 0.6 is 0 Å². The molecule has 0 aliphatic rings. The minimum absolute atomic E-state index is 0. The molecule has 0 heterocycles. The molecule has 0 saturated heterocycles. The second-order valence-electron chi connectivity index (χ2n) is 45.8. The average Bonchev–Trinajstić information content (AvgIpc) is 0.794. The van der Waals surface area contributed by atoms with E-state index in [1.165, 1.54) is 44.5 Å². The first kappa shape index (κ1) is 124. The Morgan fingerprint density at radius 1 is 0.174 bits per heavy atom. The molecule has 0 amide bonds. The van der Waals surface area contributed by atoms with Crippen LogP contribution in [0.15, 0.2) is 352 Å². The molecule has 14 rings (SSSR count). The molecule has 8 nitrogen and oxygen atoms in total. The van der Waals surface area contributed by atoms with Gasteiger partial charge in [-0.1, -0.05) is 372 Å². The van der Waals surface area contributed by atoms with Gasteiger partial charge in [-0.3, -0.25) is 19.6 Å². The van der Waals surface area contributed by atoms with Gasteiger partial charge in [-0.2, -0.15) is 148 Å². The zero-order valence-electron chi connectivity index (χ0n) is 91.8. The molecule has 0 atom stereocenters. The Kier molecular flexibility index (Phi) is 50.2. The zero-order valence-corrected chi connectivity index (χ0v) is 96.7. The van der Waals surface area contributed by atoms with Crippen molar-refractivity contribution in [2.75, 3.05) is 26.2 Å². The van der Waals surface area contributed by atoms with E-state index in [2.05, 4.69) is 397 Å². The molecule has 14 aromatic carbocycles. The van der Waals surface area contributed by atoms with Crippen molar-refractivity contribution >= 4 is 0 Å². The van der Waals surface area contributed by atoms with E-state index in [4.69, 9.17) is 0 Å². The van der Waals surface area contributed by atoms with Crippen LogP contribution in [0, 0.1) is 41.5 Å². The van der Waals surface area contributed by atoms with Gasteiger partial charge in [-0.05, 0) is 110 Å². The van der Waals surface area contributed by atoms with Gasteiger partial charge in [-0.15, -0.1) is 72.8 Å². The van der Waals surface area contributed by atoms with Gasteiger partial charge in [0.05, 0.1) is 0 Å². The van der Waals surface area contributed by atoms with Crippen LogP contribution in [0.2, 0.25) is 0 Å². The van der Waals surface area contributed by atoms with Crippen molar-refractivity contribution < 1.29 is 72.8 Å². The van der Waals surface area contributed by atoms with Crippen molar-refractivity contribution in [3.05, 3.63) is 516 Å². The summed E-state index contributed by atoms with van der Waals surface area (Å²) in [5, 5.41) is 47.0. The van der Waals surface area contributed by atoms with Gasteiger partial charge in [-0.25, -0.2) is 0 Å². The maximum Gasteiger partial charge on any atom is 4.00 e. The third kappa shape index (κ3) is 44.6. The molecule has 0 radical (unpaired) electrons. The fourth-order valence-corrected chi connectivity index (χ4v) is 15.9. The normalized spacial score (nSPS) is 11.5. The molecule has 14 aromatic rings. The standard InChI is InChI=1S/2C46H64N2O2.6C7H7.2Zr/c2*1-43(2,3)37-25-35(41(49)39(27-37)45(7,8)9)31-47(29-33-19-15-13-16-20-33)23-24-48(30-34-21-17-14-18-22-34)32-36-26-38(44(4,5)6)28-40(42(36)50)46(10,11)12;6*1-7-5-3-2-4-6-7;;/h2*13-22,25-28,49-50H,23-24,29-32H2,1-12H3;6*2-6H,1H2;;/q;;6*-1;2*+4. The van der Waals surface area contributed by atoms with Crippen molar-refractivity contribution in [1.29, 1.82) is 0 Å². The van der Waals surface area contributed by atoms with E-state index in [1.807, 2.05) is 182 Å². The van der Waals surface area contributed by atoms with Crippen LogP contribution in [0.4, 0.5) is 0 Å². The van der Waals surface area contributed by atoms with E-state index in [0.29, 0.717) is 49.2 Å². The molecule has 0 aliphatic carbocycles. The quantitative estimate of drug-likeness (QED) is 0.0499. The van der Waals surface area contributed by atoms with Gasteiger partial charge in [0, 0.05) is 101 Å². The average molecular weight is 2080 g/mol. The number of aromatic hydroxyl groups is 4. The predicted molar refractivity (Wildman–Crippen MR) is 610 cm³/mol. The van der Waals surface area contributed by atoms with E-state index in [-0.39, 0.29) is 95.7 Å². The smallest absolute Gasteiger partial charge is 0.507 e. The van der Waals surface area contributed by atoms with E-state index in [1.54, 1.807) is 0 Å². The maximum atomic E-state index is 11.7. The van der Waals surface area contributed by atoms with Crippen LogP contribution in [0.25, 0.3) is 0 Å². The summed E-state index contributed by atoms with van der Waals surface area (Å²) in [6.45, 7) is 84.1. The molecule has 144 heavy (non-hydrogen) atoms. The number of nitrogens with zero attached hydrogens (tertiary/aromatic N) is 4. The number of benzene rings is 14. The first-order chi connectivity index (χ1) is 66.6. The number of hydrogen-bond acceptors (Lipinski definition) is 8. The molecule has 0 saturated carbocycles. The fourth-order valence-electron chi connectivity index (χ4n) is 15.9. The molecule has 0 aromatic heterocycles. The van der Waals surface area contributed by atoms with Gasteiger partial charge in [0.2, 0.25) is 0 Å². The third-order valence-corrected chi connectivity index (χ3v) is 24.5. The number of phenols is 4. The van der Waals surface area contributed by atoms with Crippen LogP contribution in [0.5, 0.6) is 23.0 Å². The van der Waals surface area contributed by atoms with Gasteiger partial charge >= 0.3 is 52.4 Å². The number of hydrogen-bond donors (Lipinski definition) is 4. The minimum atomic E-state index is -0.188. The topological polar surface area (TPSA) is 93.9 Å². The second kappa shape index (κ2) is 58.4. The van der Waals surface area contributed by atoms with Crippen molar-refractivity contribution in [3.63, 3.8) is 0 Å². The Balaban J connectivity index is 0.000000354. The summed E-state index contributed by atoms with van der Waals surface area (Å²) < 4.78 is 0. The Bertz CT molecular complexity index is 5140. The van der Waals surface area contributed by atoms with Crippen molar-refractivity contribution in [1.82, 2.24) is 19.6 Å². The SMILES string of the molecule is CC(C)(C)c1cc(CN(CCN(Cc2ccccc2)Cc2cc(C(C)(C)C)cc(C(C)(C)C)c2O)Cc2ccccc2)c(O)c(C(C)(C)C)c1.CC(C)(C)c1cc(CN(CCN(Cc2ccccc2)Cc2cc(C(C)(C)C)cc(C(C)(C)C)c2O)Cc2ccccc2)c(O)c(C(C)(C)C)c1.[CH2-]c1ccccc1.[CH2-]c1ccccc1.[CH2-]c1ccccc1.[CH2-]c1ccccc1.[CH2-]c1ccccc1.[CH2-]c1ccccc1.[Zr+4].[Zr+4]. The summed E-state index contributed by atoms with van der Waals surface area (Å²) in [4.78, 5) is 9.86. The van der Waals surface area contributed by atoms with E-state index >= 15 is 0 Å². The molecule has 0 unspecified atom stereocenters. The summed E-state index contributed by atoms with van der Waals surface area (Å²) in [5.41, 5.74) is 23.3. The Hall–Kier alpha value is -10.9. The molecule has 0 aliphatic heterocycles. The second-order valence-corrected chi connectivity index (χ2v) is 45.8. The van der Waals surface area contributed by atoms with Gasteiger partial charge in [0.15, 0.2) is 0 Å². The minimum Gasteiger partial charge on any atom is -0.507 e. The largest absolute Gasteiger partial charge is 4.00 e. The monoisotopic (exact) mass is 2080 g/mol. The molecule has 0 bridgehead atoms. The summed E-state index contributed by atoms with van der Waals surface area (Å²) in [6, 6.07) is 119. The van der Waals surface area contributed by atoms with Crippen LogP contribution in [0.1, 0.15) is 289 Å². The van der Waals surface area contributed by atoms with Crippen LogP contribution in [-0.4, -0.2) is 66.2 Å². The maximum absolute atomic E-state index is 11.7. The Labute approximate surface area is 911 Å². The van der Waals surface area contributed by atoms with E-state index < -0.39 is 0 Å². The zero-order chi connectivity index (χ0) is 105. The van der Waals surface area contributed by atoms with Gasteiger partial charge in [0.25, 0.3) is 0 Å². The Morgan fingerprint density at radius 3 is 0.403 bits per heavy atom. The fraction of sp³-hybridized carbons (Fsp3) is 0.328.